The zero-order chi connectivity index (χ0) is 23.5. The van der Waals surface area contributed by atoms with E-state index < -0.39 is 10.8 Å². The molecule has 4 aromatic rings. The third kappa shape index (κ3) is 4.90. The Labute approximate surface area is 193 Å². The molecule has 10 heteroatoms. The van der Waals surface area contributed by atoms with Crippen LogP contribution in [0.3, 0.4) is 0 Å². The molecule has 0 spiro atoms. The Bertz CT molecular complexity index is 1330. The molecule has 2 heterocycles. The molecule has 0 bridgehead atoms. The van der Waals surface area contributed by atoms with Crippen molar-refractivity contribution in [2.75, 3.05) is 5.73 Å². The highest BCUT2D eigenvalue weighted by Gasteiger charge is 2.16. The van der Waals surface area contributed by atoms with E-state index in [1.807, 2.05) is 50.2 Å². The van der Waals surface area contributed by atoms with E-state index in [0.717, 1.165) is 16.0 Å². The van der Waals surface area contributed by atoms with Crippen LogP contribution in [0.4, 0.5) is 11.5 Å². The van der Waals surface area contributed by atoms with Gasteiger partial charge in [0.2, 0.25) is 0 Å². The zero-order valence-corrected chi connectivity index (χ0v) is 18.9. The van der Waals surface area contributed by atoms with Gasteiger partial charge in [-0.3, -0.25) is 4.21 Å². The monoisotopic (exact) mass is 461 g/mol. The summed E-state index contributed by atoms with van der Waals surface area (Å²) in [5.41, 5.74) is 20.8. The van der Waals surface area contributed by atoms with Crippen LogP contribution in [0.2, 0.25) is 0 Å². The highest BCUT2D eigenvalue weighted by atomic mass is 32.2. The first-order valence-corrected chi connectivity index (χ1v) is 11.3. The highest BCUT2D eigenvalue weighted by molar-refractivity contribution is 7.85. The average Bonchev–Trinajstić information content (AvgIpc) is 3.29. The van der Waals surface area contributed by atoms with Crippen LogP contribution in [0.1, 0.15) is 13.8 Å². The fourth-order valence-corrected chi connectivity index (χ4v) is 4.08. The lowest BCUT2D eigenvalue weighted by molar-refractivity contribution is 0.434. The number of aliphatic imine (C=N–C) groups is 1. The number of benzene rings is 2. The van der Waals surface area contributed by atoms with Crippen LogP contribution in [-0.2, 0) is 10.8 Å². The molecular formula is C23H23N7O2S. The van der Waals surface area contributed by atoms with Crippen LogP contribution >= 0.6 is 0 Å². The van der Waals surface area contributed by atoms with E-state index in [1.165, 1.54) is 0 Å². The van der Waals surface area contributed by atoms with Gasteiger partial charge in [0.1, 0.15) is 5.69 Å². The van der Waals surface area contributed by atoms with E-state index >= 15 is 0 Å². The predicted molar refractivity (Wildman–Crippen MR) is 130 cm³/mol. The normalized spacial score (nSPS) is 12.0. The topological polar surface area (TPSA) is 159 Å². The fraction of sp³-hybridized carbons (Fsp3) is 0.130. The molecule has 0 aliphatic rings. The lowest BCUT2D eigenvalue weighted by atomic mass is 10.1. The molecule has 0 aliphatic heterocycles. The standard InChI is InChI=1S/C23H23N7O2S/c1-13(2)33(31)17-9-5-15(6-10-17)19-12-27-22(24)21(29-19)20-11-18(30-32-20)14-3-7-16(8-4-14)28-23(25)26/h3-13H,1-2H3,(H2,24,27)(H4,25,26,28). The van der Waals surface area contributed by atoms with Crippen molar-refractivity contribution in [1.82, 2.24) is 15.1 Å². The van der Waals surface area contributed by atoms with E-state index in [2.05, 4.69) is 20.1 Å². The molecule has 1 atom stereocenters. The van der Waals surface area contributed by atoms with Gasteiger partial charge in [0.05, 0.1) is 28.4 Å². The molecule has 0 saturated carbocycles. The second kappa shape index (κ2) is 9.21. The molecule has 33 heavy (non-hydrogen) atoms. The minimum atomic E-state index is -1.06. The number of aromatic nitrogens is 3. The lowest BCUT2D eigenvalue weighted by Crippen LogP contribution is -2.21. The molecule has 0 radical (unpaired) electrons. The average molecular weight is 462 g/mol. The van der Waals surface area contributed by atoms with Crippen molar-refractivity contribution in [2.24, 2.45) is 16.5 Å². The summed E-state index contributed by atoms with van der Waals surface area (Å²) < 4.78 is 17.8. The van der Waals surface area contributed by atoms with Crippen LogP contribution in [0.25, 0.3) is 34.0 Å². The summed E-state index contributed by atoms with van der Waals surface area (Å²) in [6, 6.07) is 16.3. The van der Waals surface area contributed by atoms with Crippen LogP contribution in [0, 0.1) is 0 Å². The molecule has 2 aromatic carbocycles. The number of rotatable bonds is 6. The van der Waals surface area contributed by atoms with Crippen molar-refractivity contribution >= 4 is 28.3 Å². The number of anilines is 1. The van der Waals surface area contributed by atoms with Crippen LogP contribution in [0.5, 0.6) is 0 Å². The summed E-state index contributed by atoms with van der Waals surface area (Å²) in [6.45, 7) is 3.84. The summed E-state index contributed by atoms with van der Waals surface area (Å²) >= 11 is 0. The van der Waals surface area contributed by atoms with Crippen molar-refractivity contribution in [1.29, 1.82) is 0 Å². The zero-order valence-electron chi connectivity index (χ0n) is 18.1. The minimum absolute atomic E-state index is 0.0109. The Balaban J connectivity index is 1.62. The highest BCUT2D eigenvalue weighted by Crippen LogP contribution is 2.30. The number of hydrogen-bond acceptors (Lipinski definition) is 7. The van der Waals surface area contributed by atoms with Crippen LogP contribution in [-0.4, -0.2) is 30.5 Å². The molecule has 168 valence electrons. The first kappa shape index (κ1) is 22.2. The van der Waals surface area contributed by atoms with Crippen LogP contribution < -0.4 is 17.2 Å². The molecule has 0 amide bonds. The number of nitrogens with zero attached hydrogens (tertiary/aromatic N) is 4. The maximum atomic E-state index is 12.3. The summed E-state index contributed by atoms with van der Waals surface area (Å²) in [5.74, 6) is 0.605. The van der Waals surface area contributed by atoms with Crippen molar-refractivity contribution in [2.45, 2.75) is 24.0 Å². The lowest BCUT2D eigenvalue weighted by Gasteiger charge is -2.08. The fourth-order valence-electron chi connectivity index (χ4n) is 3.13. The maximum absolute atomic E-state index is 12.3. The van der Waals surface area contributed by atoms with E-state index in [-0.39, 0.29) is 17.0 Å². The van der Waals surface area contributed by atoms with Gasteiger partial charge in [0.25, 0.3) is 0 Å². The van der Waals surface area contributed by atoms with Gasteiger partial charge in [0, 0.05) is 27.3 Å². The Morgan fingerprint density at radius 3 is 2.27 bits per heavy atom. The Morgan fingerprint density at radius 1 is 1.00 bits per heavy atom. The Hall–Kier alpha value is -4.05. The molecule has 6 N–H and O–H groups in total. The van der Waals surface area contributed by atoms with Gasteiger partial charge in [0.15, 0.2) is 23.2 Å². The summed E-state index contributed by atoms with van der Waals surface area (Å²) in [5, 5.41) is 4.17. The molecule has 9 nitrogen and oxygen atoms in total. The third-order valence-corrected chi connectivity index (χ3v) is 6.37. The van der Waals surface area contributed by atoms with Gasteiger partial charge in [-0.2, -0.15) is 0 Å². The molecule has 2 aromatic heterocycles. The van der Waals surface area contributed by atoms with Gasteiger partial charge < -0.3 is 21.7 Å². The largest absolute Gasteiger partial charge is 0.382 e. The Kier molecular flexibility index (Phi) is 6.18. The molecule has 1 unspecified atom stereocenters. The smallest absolute Gasteiger partial charge is 0.191 e. The molecule has 4 rings (SSSR count). The first-order valence-electron chi connectivity index (χ1n) is 10.1. The number of guanidine groups is 1. The van der Waals surface area contributed by atoms with Gasteiger partial charge in [-0.25, -0.2) is 15.0 Å². The van der Waals surface area contributed by atoms with Gasteiger partial charge >= 0.3 is 0 Å². The van der Waals surface area contributed by atoms with Crippen molar-refractivity contribution in [3.63, 3.8) is 0 Å². The predicted octanol–water partition coefficient (Wildman–Crippen LogP) is 3.47. The third-order valence-electron chi connectivity index (χ3n) is 4.78. The summed E-state index contributed by atoms with van der Waals surface area (Å²) in [4.78, 5) is 13.7. The minimum Gasteiger partial charge on any atom is -0.382 e. The second-order valence-corrected chi connectivity index (χ2v) is 9.53. The van der Waals surface area contributed by atoms with Crippen molar-refractivity contribution < 1.29 is 8.73 Å². The quantitative estimate of drug-likeness (QED) is 0.291. The van der Waals surface area contributed by atoms with E-state index in [0.29, 0.717) is 28.5 Å². The van der Waals surface area contributed by atoms with Gasteiger partial charge in [-0.05, 0) is 24.3 Å². The summed E-state index contributed by atoms with van der Waals surface area (Å²) in [7, 11) is -1.06. The molecular weight excluding hydrogens is 438 g/mol. The second-order valence-electron chi connectivity index (χ2n) is 7.52. The van der Waals surface area contributed by atoms with Crippen LogP contribution in [0.15, 0.2) is 75.2 Å². The maximum Gasteiger partial charge on any atom is 0.191 e. The Morgan fingerprint density at radius 2 is 1.64 bits per heavy atom. The SMILES string of the molecule is CC(C)S(=O)c1ccc(-c2cnc(N)c(-c3cc(-c4ccc(N=C(N)N)cc4)no3)n2)cc1. The van der Waals surface area contributed by atoms with E-state index in [4.69, 9.17) is 21.7 Å². The number of nitrogen functional groups attached to an aromatic ring is 1. The van der Waals surface area contributed by atoms with E-state index in [9.17, 15) is 4.21 Å². The van der Waals surface area contributed by atoms with Crippen molar-refractivity contribution in [3.8, 4) is 34.0 Å². The number of nitrogens with two attached hydrogens (primary N) is 3. The first-order chi connectivity index (χ1) is 15.8. The van der Waals surface area contributed by atoms with Gasteiger partial charge in [-0.15, -0.1) is 0 Å². The van der Waals surface area contributed by atoms with Gasteiger partial charge in [-0.1, -0.05) is 43.3 Å². The van der Waals surface area contributed by atoms with Crippen molar-refractivity contribution in [3.05, 3.63) is 60.8 Å². The van der Waals surface area contributed by atoms with E-state index in [1.54, 1.807) is 24.4 Å². The molecule has 0 fully saturated rings. The summed E-state index contributed by atoms with van der Waals surface area (Å²) in [6.07, 6.45) is 1.59. The molecule has 0 aliphatic carbocycles. The molecule has 0 saturated heterocycles. The number of hydrogen-bond donors (Lipinski definition) is 3.